The minimum atomic E-state index is 0.362. The van der Waals surface area contributed by atoms with Gasteiger partial charge < -0.3 is 10.7 Å². The van der Waals surface area contributed by atoms with E-state index in [1.807, 2.05) is 6.20 Å². The molecule has 2 rings (SSSR count). The van der Waals surface area contributed by atoms with Gasteiger partial charge >= 0.3 is 0 Å². The zero-order valence-electron chi connectivity index (χ0n) is 8.74. The van der Waals surface area contributed by atoms with Crippen LogP contribution < -0.4 is 5.73 Å². The smallest absolute Gasteiger partial charge is 0.0470 e. The highest BCUT2D eigenvalue weighted by molar-refractivity contribution is 5.08. The summed E-state index contributed by atoms with van der Waals surface area (Å²) in [5.41, 5.74) is 7.26. The summed E-state index contributed by atoms with van der Waals surface area (Å²) in [5, 5.41) is 0. The third kappa shape index (κ3) is 1.99. The van der Waals surface area contributed by atoms with Crippen LogP contribution in [0.5, 0.6) is 0 Å². The fourth-order valence-corrected chi connectivity index (χ4v) is 2.19. The molecule has 0 saturated carbocycles. The van der Waals surface area contributed by atoms with Crippen LogP contribution in [0.2, 0.25) is 0 Å². The predicted octanol–water partition coefficient (Wildman–Crippen LogP) is 1.50. The number of piperidine rings is 1. The number of likely N-dealkylation sites (tertiary alicyclic amines) is 1. The Hall–Kier alpha value is -0.800. The van der Waals surface area contributed by atoms with Crippen molar-refractivity contribution in [1.82, 2.24) is 9.88 Å². The lowest BCUT2D eigenvalue weighted by Crippen LogP contribution is -2.43. The topological polar surface area (TPSA) is 45.0 Å². The lowest BCUT2D eigenvalue weighted by atomic mass is 10.0. The molecule has 2 atom stereocenters. The van der Waals surface area contributed by atoms with Crippen molar-refractivity contribution in [3.63, 3.8) is 0 Å². The van der Waals surface area contributed by atoms with E-state index in [-0.39, 0.29) is 0 Å². The predicted molar refractivity (Wildman–Crippen MR) is 58.0 cm³/mol. The number of nitrogens with zero attached hydrogens (tertiary/aromatic N) is 1. The second kappa shape index (κ2) is 4.15. The molecule has 0 radical (unpaired) electrons. The van der Waals surface area contributed by atoms with Gasteiger partial charge in [0.25, 0.3) is 0 Å². The normalized spacial score (nSPS) is 26.3. The molecule has 1 aromatic heterocycles. The molecule has 0 spiro atoms. The summed E-state index contributed by atoms with van der Waals surface area (Å²) in [6.07, 6.45) is 4.38. The van der Waals surface area contributed by atoms with E-state index in [1.165, 1.54) is 25.1 Å². The Labute approximate surface area is 85.3 Å². The van der Waals surface area contributed by atoms with Gasteiger partial charge in [0.1, 0.15) is 0 Å². The number of H-pyrrole nitrogens is 1. The Kier molecular flexibility index (Phi) is 2.89. The third-order valence-electron chi connectivity index (χ3n) is 3.11. The maximum absolute atomic E-state index is 5.96. The standard InChI is InChI=1S/C11H19N3/c1-9(11-5-2-6-13-11)14-7-3-4-10(12)8-14/h2,5-6,9-10,13H,3-4,7-8,12H2,1H3/t9-,10+/m1/s1. The van der Waals surface area contributed by atoms with Crippen LogP contribution in [-0.2, 0) is 0 Å². The summed E-state index contributed by atoms with van der Waals surface area (Å²) >= 11 is 0. The van der Waals surface area contributed by atoms with E-state index in [0.717, 1.165) is 6.54 Å². The highest BCUT2D eigenvalue weighted by Gasteiger charge is 2.22. The number of hydrogen-bond acceptors (Lipinski definition) is 2. The second-order valence-corrected chi connectivity index (χ2v) is 4.20. The van der Waals surface area contributed by atoms with Gasteiger partial charge in [-0.25, -0.2) is 0 Å². The molecule has 14 heavy (non-hydrogen) atoms. The zero-order chi connectivity index (χ0) is 9.97. The van der Waals surface area contributed by atoms with Crippen LogP contribution >= 0.6 is 0 Å². The summed E-state index contributed by atoms with van der Waals surface area (Å²) in [4.78, 5) is 5.72. The van der Waals surface area contributed by atoms with Crippen LogP contribution in [0.25, 0.3) is 0 Å². The summed E-state index contributed by atoms with van der Waals surface area (Å²) in [5.74, 6) is 0. The van der Waals surface area contributed by atoms with Crippen molar-refractivity contribution in [3.05, 3.63) is 24.0 Å². The van der Waals surface area contributed by atoms with Crippen molar-refractivity contribution in [1.29, 1.82) is 0 Å². The molecule has 78 valence electrons. The largest absolute Gasteiger partial charge is 0.364 e. The molecule has 1 saturated heterocycles. The van der Waals surface area contributed by atoms with Crippen molar-refractivity contribution in [3.8, 4) is 0 Å². The highest BCUT2D eigenvalue weighted by Crippen LogP contribution is 2.22. The molecular weight excluding hydrogens is 174 g/mol. The van der Waals surface area contributed by atoms with Gasteiger partial charge in [-0.15, -0.1) is 0 Å². The summed E-state index contributed by atoms with van der Waals surface area (Å²) in [6.45, 7) is 4.44. The van der Waals surface area contributed by atoms with Gasteiger partial charge in [0.15, 0.2) is 0 Å². The van der Waals surface area contributed by atoms with Crippen LogP contribution in [0.1, 0.15) is 31.5 Å². The van der Waals surface area contributed by atoms with Crippen LogP contribution in [-0.4, -0.2) is 29.0 Å². The second-order valence-electron chi connectivity index (χ2n) is 4.20. The Bertz CT molecular complexity index is 268. The zero-order valence-corrected chi connectivity index (χ0v) is 8.74. The summed E-state index contributed by atoms with van der Waals surface area (Å²) < 4.78 is 0. The SMILES string of the molecule is C[C@H](c1ccc[nH]1)N1CCC[C@H](N)C1. The van der Waals surface area contributed by atoms with Crippen molar-refractivity contribution >= 4 is 0 Å². The number of rotatable bonds is 2. The first-order chi connectivity index (χ1) is 6.77. The summed E-state index contributed by atoms with van der Waals surface area (Å²) in [7, 11) is 0. The number of aromatic nitrogens is 1. The molecule has 1 fully saturated rings. The van der Waals surface area contributed by atoms with Crippen molar-refractivity contribution in [2.45, 2.75) is 31.8 Å². The molecule has 1 aliphatic rings. The Balaban J connectivity index is 2.00. The van der Waals surface area contributed by atoms with Crippen molar-refractivity contribution < 1.29 is 0 Å². The van der Waals surface area contributed by atoms with Gasteiger partial charge in [-0.3, -0.25) is 4.90 Å². The number of nitrogens with two attached hydrogens (primary N) is 1. The Morgan fingerprint density at radius 2 is 2.50 bits per heavy atom. The van der Waals surface area contributed by atoms with Crippen molar-refractivity contribution in [2.75, 3.05) is 13.1 Å². The van der Waals surface area contributed by atoms with Gasteiger partial charge in [0.05, 0.1) is 0 Å². The molecule has 0 aliphatic carbocycles. The van der Waals surface area contributed by atoms with Gasteiger partial charge in [0.2, 0.25) is 0 Å². The molecule has 3 heteroatoms. The average Bonchev–Trinajstić information content (AvgIpc) is 2.69. The van der Waals surface area contributed by atoms with E-state index < -0.39 is 0 Å². The van der Waals surface area contributed by atoms with Crippen molar-refractivity contribution in [2.24, 2.45) is 5.73 Å². The molecule has 1 aromatic rings. The molecule has 0 bridgehead atoms. The molecule has 3 N–H and O–H groups in total. The first kappa shape index (κ1) is 9.74. The van der Waals surface area contributed by atoms with Gasteiger partial charge in [-0.05, 0) is 38.4 Å². The summed E-state index contributed by atoms with van der Waals surface area (Å²) in [6, 6.07) is 5.03. The first-order valence-electron chi connectivity index (χ1n) is 5.40. The van der Waals surface area contributed by atoms with Crippen LogP contribution in [0.15, 0.2) is 18.3 Å². The van der Waals surface area contributed by atoms with Gasteiger partial charge in [0, 0.05) is 30.5 Å². The van der Waals surface area contributed by atoms with E-state index in [0.29, 0.717) is 12.1 Å². The van der Waals surface area contributed by atoms with E-state index in [4.69, 9.17) is 5.73 Å². The average molecular weight is 193 g/mol. The molecule has 1 aliphatic heterocycles. The Morgan fingerprint density at radius 3 is 3.14 bits per heavy atom. The lowest BCUT2D eigenvalue weighted by molar-refractivity contribution is 0.157. The van der Waals surface area contributed by atoms with Crippen LogP contribution in [0.4, 0.5) is 0 Å². The maximum Gasteiger partial charge on any atom is 0.0470 e. The Morgan fingerprint density at radius 1 is 1.64 bits per heavy atom. The lowest BCUT2D eigenvalue weighted by Gasteiger charge is -2.34. The van der Waals surface area contributed by atoms with Gasteiger partial charge in [-0.2, -0.15) is 0 Å². The molecule has 0 amide bonds. The van der Waals surface area contributed by atoms with Crippen LogP contribution in [0, 0.1) is 0 Å². The van der Waals surface area contributed by atoms with E-state index in [1.54, 1.807) is 0 Å². The van der Waals surface area contributed by atoms with Gasteiger partial charge in [-0.1, -0.05) is 0 Å². The minimum absolute atomic E-state index is 0.362. The fourth-order valence-electron chi connectivity index (χ4n) is 2.19. The molecular formula is C11H19N3. The first-order valence-corrected chi connectivity index (χ1v) is 5.40. The highest BCUT2D eigenvalue weighted by atomic mass is 15.2. The molecule has 0 unspecified atom stereocenters. The fraction of sp³-hybridized carbons (Fsp3) is 0.636. The van der Waals surface area contributed by atoms with E-state index >= 15 is 0 Å². The maximum atomic E-state index is 5.96. The molecule has 0 aromatic carbocycles. The monoisotopic (exact) mass is 193 g/mol. The third-order valence-corrected chi connectivity index (χ3v) is 3.11. The van der Waals surface area contributed by atoms with Crippen LogP contribution in [0.3, 0.4) is 0 Å². The minimum Gasteiger partial charge on any atom is -0.364 e. The van der Waals surface area contributed by atoms with E-state index in [2.05, 4.69) is 28.9 Å². The van der Waals surface area contributed by atoms with E-state index in [9.17, 15) is 0 Å². The number of hydrogen-bond donors (Lipinski definition) is 2. The molecule has 3 nitrogen and oxygen atoms in total. The number of nitrogens with one attached hydrogen (secondary N) is 1. The quantitative estimate of drug-likeness (QED) is 0.747. The molecule has 2 heterocycles. The number of aromatic amines is 1.